The van der Waals surface area contributed by atoms with Crippen molar-refractivity contribution < 1.29 is 24.1 Å². The second-order valence-corrected chi connectivity index (χ2v) is 6.09. The number of epoxide rings is 2. The number of rotatable bonds is 12. The van der Waals surface area contributed by atoms with Crippen molar-refractivity contribution in [1.29, 1.82) is 0 Å². The van der Waals surface area contributed by atoms with Crippen molar-refractivity contribution in [3.8, 4) is 0 Å². The Morgan fingerprint density at radius 3 is 1.54 bits per heavy atom. The van der Waals surface area contributed by atoms with E-state index in [1.807, 2.05) is 0 Å². The molecular formula is C15H23N3O8. The molecule has 2 fully saturated rings. The molecule has 1 N–H and O–H groups in total. The van der Waals surface area contributed by atoms with Gasteiger partial charge in [0, 0.05) is 0 Å². The normalized spacial score (nSPS) is 21.1. The standard InChI is InChI=1S/C15H23N3O8/c19-4-1-16-13(20)17(2-5-23-7-11-9-25-11)15(22)18(14(16)21)3-6-24-8-12-10-26-12/h11-12,19H,1-10H2. The topological polar surface area (TPSA) is 130 Å². The number of nitrogens with zero attached hydrogens (tertiary/aromatic N) is 3. The van der Waals surface area contributed by atoms with E-state index in [-0.39, 0.29) is 45.1 Å². The van der Waals surface area contributed by atoms with E-state index < -0.39 is 23.7 Å². The summed E-state index contributed by atoms with van der Waals surface area (Å²) in [4.78, 5) is 37.3. The van der Waals surface area contributed by atoms with Crippen molar-refractivity contribution in [3.05, 3.63) is 31.5 Å². The highest BCUT2D eigenvalue weighted by Crippen LogP contribution is 2.08. The first-order valence-corrected chi connectivity index (χ1v) is 8.56. The van der Waals surface area contributed by atoms with E-state index >= 15 is 0 Å². The molecule has 0 aromatic carbocycles. The zero-order valence-corrected chi connectivity index (χ0v) is 14.4. The molecule has 0 radical (unpaired) electrons. The number of aliphatic hydroxyl groups excluding tert-OH is 1. The molecule has 11 heteroatoms. The molecule has 0 bridgehead atoms. The number of aromatic nitrogens is 3. The third kappa shape index (κ3) is 4.89. The van der Waals surface area contributed by atoms with Gasteiger partial charge in [-0.3, -0.25) is 0 Å². The molecular weight excluding hydrogens is 350 g/mol. The summed E-state index contributed by atoms with van der Waals surface area (Å²) in [5.41, 5.74) is -2.24. The zero-order valence-electron chi connectivity index (χ0n) is 14.4. The lowest BCUT2D eigenvalue weighted by Gasteiger charge is -2.13. The van der Waals surface area contributed by atoms with E-state index in [4.69, 9.17) is 24.1 Å². The Balaban J connectivity index is 1.72. The zero-order chi connectivity index (χ0) is 18.5. The quantitative estimate of drug-likeness (QED) is 0.303. The van der Waals surface area contributed by atoms with E-state index in [1.165, 1.54) is 0 Å². The van der Waals surface area contributed by atoms with Gasteiger partial charge in [0.05, 0.1) is 65.9 Å². The molecule has 2 aliphatic heterocycles. The van der Waals surface area contributed by atoms with E-state index in [0.717, 1.165) is 13.7 Å². The van der Waals surface area contributed by atoms with E-state index in [0.29, 0.717) is 26.4 Å². The fraction of sp³-hybridized carbons (Fsp3) is 0.800. The minimum absolute atomic E-state index is 0.00681. The summed E-state index contributed by atoms with van der Waals surface area (Å²) in [6.45, 7) is 1.82. The van der Waals surface area contributed by atoms with Gasteiger partial charge in [-0.05, 0) is 0 Å². The summed E-state index contributed by atoms with van der Waals surface area (Å²) in [5, 5.41) is 9.11. The molecule has 3 rings (SSSR count). The van der Waals surface area contributed by atoms with Gasteiger partial charge in [-0.1, -0.05) is 0 Å². The highest BCUT2D eigenvalue weighted by Gasteiger charge is 2.23. The molecule has 2 unspecified atom stereocenters. The fourth-order valence-electron chi connectivity index (χ4n) is 2.43. The summed E-state index contributed by atoms with van der Waals surface area (Å²) in [7, 11) is 0. The lowest BCUT2D eigenvalue weighted by atomic mass is 10.5. The second-order valence-electron chi connectivity index (χ2n) is 6.09. The van der Waals surface area contributed by atoms with Gasteiger partial charge in [0.2, 0.25) is 0 Å². The number of aliphatic hydroxyl groups is 1. The maximum atomic E-state index is 12.5. The molecule has 146 valence electrons. The first kappa shape index (κ1) is 19.0. The van der Waals surface area contributed by atoms with Crippen LogP contribution >= 0.6 is 0 Å². The minimum Gasteiger partial charge on any atom is -0.395 e. The predicted octanol–water partition coefficient (Wildman–Crippen LogP) is -3.01. The SMILES string of the molecule is O=c1n(CCO)c(=O)n(CCOCC2CO2)c(=O)n1CCOCC1CO1. The number of ether oxygens (including phenoxy) is 4. The average Bonchev–Trinajstić information content (AvgIpc) is 3.52. The van der Waals surface area contributed by atoms with Gasteiger partial charge in [-0.25, -0.2) is 28.1 Å². The summed E-state index contributed by atoms with van der Waals surface area (Å²) in [6.07, 6.45) is 0.165. The molecule has 2 atom stereocenters. The van der Waals surface area contributed by atoms with E-state index in [1.54, 1.807) is 0 Å². The number of hydrogen-bond acceptors (Lipinski definition) is 8. The molecule has 1 aromatic rings. The van der Waals surface area contributed by atoms with Crippen molar-refractivity contribution >= 4 is 0 Å². The lowest BCUT2D eigenvalue weighted by molar-refractivity contribution is 0.102. The number of hydrogen-bond donors (Lipinski definition) is 1. The van der Waals surface area contributed by atoms with Crippen LogP contribution in [0.15, 0.2) is 14.4 Å². The second kappa shape index (κ2) is 8.73. The Hall–Kier alpha value is -1.79. The molecule has 3 heterocycles. The van der Waals surface area contributed by atoms with Crippen molar-refractivity contribution in [2.75, 3.05) is 46.2 Å². The van der Waals surface area contributed by atoms with Gasteiger partial charge in [0.25, 0.3) is 0 Å². The Morgan fingerprint density at radius 2 is 1.19 bits per heavy atom. The van der Waals surface area contributed by atoms with Gasteiger partial charge < -0.3 is 24.1 Å². The van der Waals surface area contributed by atoms with Crippen LogP contribution in [-0.4, -0.2) is 77.3 Å². The molecule has 0 spiro atoms. The Labute approximate surface area is 148 Å². The third-order valence-corrected chi connectivity index (χ3v) is 4.04. The highest BCUT2D eigenvalue weighted by molar-refractivity contribution is 4.79. The lowest BCUT2D eigenvalue weighted by Crippen LogP contribution is -2.55. The molecule has 2 saturated heterocycles. The maximum absolute atomic E-state index is 12.5. The fourth-order valence-corrected chi connectivity index (χ4v) is 2.43. The third-order valence-electron chi connectivity index (χ3n) is 4.04. The van der Waals surface area contributed by atoms with Gasteiger partial charge in [-0.2, -0.15) is 0 Å². The van der Waals surface area contributed by atoms with Gasteiger partial charge in [-0.15, -0.1) is 0 Å². The molecule has 2 aliphatic rings. The van der Waals surface area contributed by atoms with Crippen molar-refractivity contribution in [2.24, 2.45) is 0 Å². The Bertz CT molecular complexity index is 716. The molecule has 11 nitrogen and oxygen atoms in total. The molecule has 26 heavy (non-hydrogen) atoms. The smallest absolute Gasteiger partial charge is 0.336 e. The first-order chi connectivity index (χ1) is 12.6. The highest BCUT2D eigenvalue weighted by atomic mass is 16.6. The average molecular weight is 373 g/mol. The van der Waals surface area contributed by atoms with Crippen LogP contribution < -0.4 is 17.1 Å². The minimum atomic E-state index is -0.760. The Morgan fingerprint density at radius 1 is 0.808 bits per heavy atom. The van der Waals surface area contributed by atoms with Crippen LogP contribution in [0.25, 0.3) is 0 Å². The van der Waals surface area contributed by atoms with E-state index in [9.17, 15) is 14.4 Å². The molecule has 0 aliphatic carbocycles. The van der Waals surface area contributed by atoms with Crippen LogP contribution in [0, 0.1) is 0 Å². The predicted molar refractivity (Wildman–Crippen MR) is 87.4 cm³/mol. The molecule has 0 saturated carbocycles. The molecule has 0 amide bonds. The van der Waals surface area contributed by atoms with Crippen LogP contribution in [0.5, 0.6) is 0 Å². The summed E-state index contributed by atoms with van der Waals surface area (Å²) >= 11 is 0. The van der Waals surface area contributed by atoms with Crippen LogP contribution in [0.2, 0.25) is 0 Å². The van der Waals surface area contributed by atoms with Gasteiger partial charge >= 0.3 is 17.1 Å². The summed E-state index contributed by atoms with van der Waals surface area (Å²) < 4.78 is 23.5. The van der Waals surface area contributed by atoms with Crippen LogP contribution in [0.3, 0.4) is 0 Å². The van der Waals surface area contributed by atoms with Gasteiger partial charge in [0.1, 0.15) is 12.2 Å². The van der Waals surface area contributed by atoms with Crippen molar-refractivity contribution in [3.63, 3.8) is 0 Å². The monoisotopic (exact) mass is 373 g/mol. The van der Waals surface area contributed by atoms with Crippen molar-refractivity contribution in [1.82, 2.24) is 13.7 Å². The van der Waals surface area contributed by atoms with Gasteiger partial charge in [0.15, 0.2) is 0 Å². The van der Waals surface area contributed by atoms with Crippen LogP contribution in [-0.2, 0) is 38.6 Å². The van der Waals surface area contributed by atoms with Crippen molar-refractivity contribution in [2.45, 2.75) is 31.8 Å². The maximum Gasteiger partial charge on any atom is 0.336 e. The van der Waals surface area contributed by atoms with Crippen LogP contribution in [0.1, 0.15) is 0 Å². The largest absolute Gasteiger partial charge is 0.395 e. The summed E-state index contributed by atoms with van der Waals surface area (Å²) in [6, 6.07) is 0. The summed E-state index contributed by atoms with van der Waals surface area (Å²) in [5.74, 6) is 0. The first-order valence-electron chi connectivity index (χ1n) is 8.56. The molecule has 1 aromatic heterocycles. The van der Waals surface area contributed by atoms with Crippen LogP contribution in [0.4, 0.5) is 0 Å². The van der Waals surface area contributed by atoms with E-state index in [2.05, 4.69) is 0 Å². The Kier molecular flexibility index (Phi) is 6.38.